The molecule has 0 unspecified atom stereocenters. The standard InChI is InChI=1S/C22H33N3O4/c1-16(2)15-19(26)24-20(21(27)23-11-14-29-3)17-9-12-25(13-10-17)22(28)18-7-5-4-6-8-18/h4-8,16-17,20H,9-15H2,1-3H3,(H,23,27)(H,24,26)/t20-/m1/s1. The van der Waals surface area contributed by atoms with Crippen molar-refractivity contribution in [2.45, 2.75) is 39.2 Å². The number of amides is 3. The van der Waals surface area contributed by atoms with E-state index in [9.17, 15) is 14.4 Å². The summed E-state index contributed by atoms with van der Waals surface area (Å²) in [5.41, 5.74) is 0.671. The number of methoxy groups -OCH3 is 1. The molecule has 1 aliphatic heterocycles. The van der Waals surface area contributed by atoms with Gasteiger partial charge in [-0.2, -0.15) is 0 Å². The lowest BCUT2D eigenvalue weighted by Crippen LogP contribution is -2.54. The van der Waals surface area contributed by atoms with E-state index in [0.29, 0.717) is 51.1 Å². The van der Waals surface area contributed by atoms with Crippen molar-refractivity contribution in [2.24, 2.45) is 11.8 Å². The van der Waals surface area contributed by atoms with Gasteiger partial charge in [-0.15, -0.1) is 0 Å². The molecule has 1 aromatic carbocycles. The highest BCUT2D eigenvalue weighted by molar-refractivity contribution is 5.94. The number of rotatable bonds is 9. The van der Waals surface area contributed by atoms with E-state index in [4.69, 9.17) is 4.74 Å². The minimum absolute atomic E-state index is 0.00604. The van der Waals surface area contributed by atoms with Crippen molar-refractivity contribution < 1.29 is 19.1 Å². The lowest BCUT2D eigenvalue weighted by molar-refractivity contribution is -0.131. The van der Waals surface area contributed by atoms with Crippen molar-refractivity contribution in [1.82, 2.24) is 15.5 Å². The van der Waals surface area contributed by atoms with Gasteiger partial charge >= 0.3 is 0 Å². The first-order valence-electron chi connectivity index (χ1n) is 10.3. The Morgan fingerprint density at radius 2 is 1.79 bits per heavy atom. The number of likely N-dealkylation sites (tertiary alicyclic amines) is 1. The Hall–Kier alpha value is -2.41. The zero-order valence-electron chi connectivity index (χ0n) is 17.6. The van der Waals surface area contributed by atoms with Gasteiger partial charge in [0.1, 0.15) is 6.04 Å². The molecular weight excluding hydrogens is 370 g/mol. The van der Waals surface area contributed by atoms with Gasteiger partial charge in [-0.1, -0.05) is 32.0 Å². The summed E-state index contributed by atoms with van der Waals surface area (Å²) in [6, 6.07) is 8.62. The second kappa shape index (κ2) is 11.6. The van der Waals surface area contributed by atoms with Crippen LogP contribution in [0.15, 0.2) is 30.3 Å². The number of nitrogens with zero attached hydrogens (tertiary/aromatic N) is 1. The highest BCUT2D eigenvalue weighted by atomic mass is 16.5. The minimum Gasteiger partial charge on any atom is -0.383 e. The van der Waals surface area contributed by atoms with Crippen LogP contribution in [0.4, 0.5) is 0 Å². The molecule has 1 atom stereocenters. The Balaban J connectivity index is 1.98. The van der Waals surface area contributed by atoms with Gasteiger partial charge in [0.15, 0.2) is 0 Å². The summed E-state index contributed by atoms with van der Waals surface area (Å²) in [7, 11) is 1.58. The fourth-order valence-corrected chi connectivity index (χ4v) is 3.59. The first-order chi connectivity index (χ1) is 13.9. The SMILES string of the molecule is COCCNC(=O)[C@H](NC(=O)CC(C)C)C1CCN(C(=O)c2ccccc2)CC1. The third-order valence-electron chi connectivity index (χ3n) is 5.12. The third-order valence-corrected chi connectivity index (χ3v) is 5.12. The van der Waals surface area contributed by atoms with Crippen LogP contribution in [0.25, 0.3) is 0 Å². The Kier molecular flexibility index (Phi) is 9.12. The second-order valence-electron chi connectivity index (χ2n) is 7.92. The molecule has 0 aromatic heterocycles. The fraction of sp³-hybridized carbons (Fsp3) is 0.591. The van der Waals surface area contributed by atoms with E-state index in [1.807, 2.05) is 49.1 Å². The maximum absolute atomic E-state index is 12.7. The number of nitrogens with one attached hydrogen (secondary N) is 2. The van der Waals surface area contributed by atoms with Crippen molar-refractivity contribution >= 4 is 17.7 Å². The first-order valence-corrected chi connectivity index (χ1v) is 10.3. The van der Waals surface area contributed by atoms with Gasteiger partial charge < -0.3 is 20.3 Å². The highest BCUT2D eigenvalue weighted by Crippen LogP contribution is 2.23. The van der Waals surface area contributed by atoms with Crippen LogP contribution < -0.4 is 10.6 Å². The summed E-state index contributed by atoms with van der Waals surface area (Å²) in [4.78, 5) is 39.5. The van der Waals surface area contributed by atoms with E-state index in [2.05, 4.69) is 10.6 Å². The van der Waals surface area contributed by atoms with Crippen molar-refractivity contribution in [3.8, 4) is 0 Å². The lowest BCUT2D eigenvalue weighted by Gasteiger charge is -2.36. The molecule has 2 rings (SSSR count). The van der Waals surface area contributed by atoms with Gasteiger partial charge in [0.25, 0.3) is 5.91 Å². The van der Waals surface area contributed by atoms with Crippen LogP contribution in [0.3, 0.4) is 0 Å². The Bertz CT molecular complexity index is 670. The summed E-state index contributed by atoms with van der Waals surface area (Å²) in [6.45, 7) is 5.90. The molecule has 1 saturated heterocycles. The van der Waals surface area contributed by atoms with E-state index in [0.717, 1.165) is 0 Å². The maximum atomic E-state index is 12.7. The largest absolute Gasteiger partial charge is 0.383 e. The van der Waals surface area contributed by atoms with Crippen LogP contribution in [-0.2, 0) is 14.3 Å². The van der Waals surface area contributed by atoms with Gasteiger partial charge in [0.2, 0.25) is 11.8 Å². The number of ether oxygens (including phenoxy) is 1. The average Bonchev–Trinajstić information content (AvgIpc) is 2.72. The summed E-state index contributed by atoms with van der Waals surface area (Å²) in [5, 5.41) is 5.77. The van der Waals surface area contributed by atoms with Crippen LogP contribution in [0.1, 0.15) is 43.5 Å². The zero-order valence-corrected chi connectivity index (χ0v) is 17.6. The van der Waals surface area contributed by atoms with Crippen LogP contribution in [0.5, 0.6) is 0 Å². The topological polar surface area (TPSA) is 87.7 Å². The third kappa shape index (κ3) is 7.16. The van der Waals surface area contributed by atoms with Crippen molar-refractivity contribution in [3.05, 3.63) is 35.9 Å². The quantitative estimate of drug-likeness (QED) is 0.616. The molecular formula is C22H33N3O4. The van der Waals surface area contributed by atoms with E-state index in [-0.39, 0.29) is 29.6 Å². The van der Waals surface area contributed by atoms with Crippen LogP contribution in [-0.4, -0.2) is 62.0 Å². The molecule has 1 aliphatic rings. The molecule has 0 spiro atoms. The molecule has 160 valence electrons. The molecule has 3 amide bonds. The summed E-state index contributed by atoms with van der Waals surface area (Å²) in [5.74, 6) is -0.0818. The molecule has 29 heavy (non-hydrogen) atoms. The van der Waals surface area contributed by atoms with Gasteiger partial charge in [-0.3, -0.25) is 14.4 Å². The van der Waals surface area contributed by atoms with E-state index in [1.54, 1.807) is 7.11 Å². The average molecular weight is 404 g/mol. The number of piperidine rings is 1. The molecule has 0 aliphatic carbocycles. The zero-order chi connectivity index (χ0) is 21.2. The number of hydrogen-bond donors (Lipinski definition) is 2. The molecule has 7 heteroatoms. The van der Waals surface area contributed by atoms with E-state index < -0.39 is 6.04 Å². The van der Waals surface area contributed by atoms with Crippen LogP contribution >= 0.6 is 0 Å². The minimum atomic E-state index is -0.591. The van der Waals surface area contributed by atoms with Crippen molar-refractivity contribution in [1.29, 1.82) is 0 Å². The molecule has 0 bridgehead atoms. The lowest BCUT2D eigenvalue weighted by atomic mass is 9.88. The summed E-state index contributed by atoms with van der Waals surface area (Å²) < 4.78 is 4.99. The van der Waals surface area contributed by atoms with Crippen molar-refractivity contribution in [3.63, 3.8) is 0 Å². The van der Waals surface area contributed by atoms with Crippen LogP contribution in [0.2, 0.25) is 0 Å². The van der Waals surface area contributed by atoms with Crippen LogP contribution in [0, 0.1) is 11.8 Å². The predicted molar refractivity (Wildman–Crippen MR) is 111 cm³/mol. The number of carbonyl (C=O) groups is 3. The van der Waals surface area contributed by atoms with E-state index >= 15 is 0 Å². The van der Waals surface area contributed by atoms with E-state index in [1.165, 1.54) is 0 Å². The van der Waals surface area contributed by atoms with Gasteiger partial charge in [0.05, 0.1) is 6.61 Å². The Morgan fingerprint density at radius 3 is 2.38 bits per heavy atom. The predicted octanol–water partition coefficient (Wildman–Crippen LogP) is 1.83. The fourth-order valence-electron chi connectivity index (χ4n) is 3.59. The molecule has 1 heterocycles. The van der Waals surface area contributed by atoms with Crippen molar-refractivity contribution in [2.75, 3.05) is 33.4 Å². The summed E-state index contributed by atoms with van der Waals surface area (Å²) >= 11 is 0. The molecule has 0 radical (unpaired) electrons. The number of benzene rings is 1. The normalized spacial score (nSPS) is 15.8. The Labute approximate surface area is 173 Å². The molecule has 1 fully saturated rings. The molecule has 7 nitrogen and oxygen atoms in total. The number of hydrogen-bond acceptors (Lipinski definition) is 4. The smallest absolute Gasteiger partial charge is 0.253 e. The highest BCUT2D eigenvalue weighted by Gasteiger charge is 2.33. The van der Waals surface area contributed by atoms with Gasteiger partial charge in [-0.05, 0) is 36.8 Å². The molecule has 0 saturated carbocycles. The first kappa shape index (κ1) is 22.9. The Morgan fingerprint density at radius 1 is 1.14 bits per heavy atom. The molecule has 1 aromatic rings. The van der Waals surface area contributed by atoms with Gasteiger partial charge in [-0.25, -0.2) is 0 Å². The monoisotopic (exact) mass is 403 g/mol. The maximum Gasteiger partial charge on any atom is 0.253 e. The number of carbonyl (C=O) groups excluding carboxylic acids is 3. The second-order valence-corrected chi connectivity index (χ2v) is 7.92. The summed E-state index contributed by atoms with van der Waals surface area (Å²) in [6.07, 6.45) is 1.72. The van der Waals surface area contributed by atoms with Gasteiger partial charge in [0, 0.05) is 38.7 Å². The molecule has 2 N–H and O–H groups in total.